The number of rotatable bonds is 0. The molecule has 1 aliphatic heterocycles. The Bertz CT molecular complexity index is 672. The Labute approximate surface area is 113 Å². The Kier molecular flexibility index (Phi) is 2.81. The molecule has 2 nitrogen and oxygen atoms in total. The molecular weight excluding hydrogens is 272 g/mol. The molecule has 0 aliphatic carbocycles. The summed E-state index contributed by atoms with van der Waals surface area (Å²) in [6.07, 6.45) is -4.04. The SMILES string of the molecule is Cc1c2n(c3ncc(C(F)(F)F)cc13)CC(F)C(C)C2. The zero-order chi connectivity index (χ0) is 14.7. The highest BCUT2D eigenvalue weighted by molar-refractivity contribution is 5.82. The molecule has 2 aromatic rings. The van der Waals surface area contributed by atoms with Gasteiger partial charge in [-0.25, -0.2) is 9.37 Å². The highest BCUT2D eigenvalue weighted by Crippen LogP contribution is 2.36. The average Bonchev–Trinajstić information content (AvgIpc) is 2.63. The lowest BCUT2D eigenvalue weighted by Crippen LogP contribution is -2.29. The topological polar surface area (TPSA) is 17.8 Å². The summed E-state index contributed by atoms with van der Waals surface area (Å²) >= 11 is 0. The standard InChI is InChI=1S/C14H14F4N2/c1-7-3-12-8(2)10-4-9(14(16,17)18)5-19-13(10)20(12)6-11(7)15/h4-5,7,11H,3,6H2,1-2H3. The molecule has 3 heterocycles. The Morgan fingerprint density at radius 3 is 2.70 bits per heavy atom. The molecule has 6 heteroatoms. The number of nitrogens with zero attached hydrogens (tertiary/aromatic N) is 2. The number of pyridine rings is 1. The van der Waals surface area contributed by atoms with E-state index < -0.39 is 17.9 Å². The fraction of sp³-hybridized carbons (Fsp3) is 0.500. The molecule has 0 spiro atoms. The Morgan fingerprint density at radius 2 is 2.05 bits per heavy atom. The summed E-state index contributed by atoms with van der Waals surface area (Å²) in [4.78, 5) is 3.92. The van der Waals surface area contributed by atoms with E-state index in [2.05, 4.69) is 4.98 Å². The highest BCUT2D eigenvalue weighted by Gasteiger charge is 2.33. The summed E-state index contributed by atoms with van der Waals surface area (Å²) in [6.45, 7) is 3.76. The minimum atomic E-state index is -4.41. The summed E-state index contributed by atoms with van der Waals surface area (Å²) in [7, 11) is 0. The molecule has 3 rings (SSSR count). The number of alkyl halides is 4. The van der Waals surface area contributed by atoms with Crippen molar-refractivity contribution in [1.82, 2.24) is 9.55 Å². The van der Waals surface area contributed by atoms with Crippen LogP contribution in [0.2, 0.25) is 0 Å². The maximum Gasteiger partial charge on any atom is 0.417 e. The van der Waals surface area contributed by atoms with E-state index in [0.717, 1.165) is 23.5 Å². The van der Waals surface area contributed by atoms with Crippen LogP contribution in [0.1, 0.15) is 23.7 Å². The van der Waals surface area contributed by atoms with Crippen molar-refractivity contribution in [2.75, 3.05) is 0 Å². The van der Waals surface area contributed by atoms with Gasteiger partial charge in [-0.15, -0.1) is 0 Å². The number of hydrogen-bond acceptors (Lipinski definition) is 1. The van der Waals surface area contributed by atoms with Gasteiger partial charge >= 0.3 is 6.18 Å². The second-order valence-corrected chi connectivity index (χ2v) is 5.47. The average molecular weight is 286 g/mol. The van der Waals surface area contributed by atoms with Crippen molar-refractivity contribution in [2.24, 2.45) is 5.92 Å². The van der Waals surface area contributed by atoms with Crippen molar-refractivity contribution in [1.29, 1.82) is 0 Å². The number of aryl methyl sites for hydroxylation is 1. The van der Waals surface area contributed by atoms with Crippen LogP contribution in [0.5, 0.6) is 0 Å². The van der Waals surface area contributed by atoms with Crippen LogP contribution in [0.3, 0.4) is 0 Å². The van der Waals surface area contributed by atoms with E-state index in [0.29, 0.717) is 17.5 Å². The molecule has 0 radical (unpaired) electrons. The number of fused-ring (bicyclic) bond motifs is 3. The van der Waals surface area contributed by atoms with Gasteiger partial charge in [0.15, 0.2) is 0 Å². The van der Waals surface area contributed by atoms with Gasteiger partial charge in [0.25, 0.3) is 0 Å². The minimum absolute atomic E-state index is 0.118. The Hall–Kier alpha value is -1.59. The number of hydrogen-bond donors (Lipinski definition) is 0. The first-order chi connectivity index (χ1) is 9.29. The van der Waals surface area contributed by atoms with Crippen molar-refractivity contribution in [2.45, 2.75) is 39.2 Å². The zero-order valence-electron chi connectivity index (χ0n) is 11.1. The highest BCUT2D eigenvalue weighted by atomic mass is 19.4. The van der Waals surface area contributed by atoms with Gasteiger partial charge in [0.1, 0.15) is 11.8 Å². The molecule has 0 saturated carbocycles. The second-order valence-electron chi connectivity index (χ2n) is 5.47. The third-order valence-electron chi connectivity index (χ3n) is 4.10. The van der Waals surface area contributed by atoms with E-state index in [1.807, 2.05) is 6.92 Å². The third-order valence-corrected chi connectivity index (χ3v) is 4.10. The molecule has 0 saturated heterocycles. The van der Waals surface area contributed by atoms with Gasteiger partial charge in [0.05, 0.1) is 12.1 Å². The van der Waals surface area contributed by atoms with Crippen LogP contribution >= 0.6 is 0 Å². The Morgan fingerprint density at radius 1 is 1.35 bits per heavy atom. The molecule has 0 fully saturated rings. The fourth-order valence-electron chi connectivity index (χ4n) is 2.84. The first kappa shape index (κ1) is 13.4. The lowest BCUT2D eigenvalue weighted by atomic mass is 9.95. The predicted molar refractivity (Wildman–Crippen MR) is 67.2 cm³/mol. The molecule has 0 bridgehead atoms. The molecule has 0 N–H and O–H groups in total. The minimum Gasteiger partial charge on any atom is -0.326 e. The van der Waals surface area contributed by atoms with E-state index in [1.165, 1.54) is 0 Å². The van der Waals surface area contributed by atoms with Gasteiger partial charge in [0.2, 0.25) is 0 Å². The number of halogens is 4. The van der Waals surface area contributed by atoms with Gasteiger partial charge in [0, 0.05) is 17.3 Å². The van der Waals surface area contributed by atoms with E-state index in [-0.39, 0.29) is 12.5 Å². The molecule has 2 unspecified atom stereocenters. The van der Waals surface area contributed by atoms with Crippen molar-refractivity contribution < 1.29 is 17.6 Å². The van der Waals surface area contributed by atoms with E-state index in [1.54, 1.807) is 11.5 Å². The maximum atomic E-state index is 13.8. The fourth-order valence-corrected chi connectivity index (χ4v) is 2.84. The van der Waals surface area contributed by atoms with Gasteiger partial charge in [-0.3, -0.25) is 0 Å². The van der Waals surface area contributed by atoms with Crippen LogP contribution in [0, 0.1) is 12.8 Å². The largest absolute Gasteiger partial charge is 0.417 e. The van der Waals surface area contributed by atoms with Crippen molar-refractivity contribution in [3.63, 3.8) is 0 Å². The van der Waals surface area contributed by atoms with Gasteiger partial charge in [-0.2, -0.15) is 13.2 Å². The quantitative estimate of drug-likeness (QED) is 0.672. The molecule has 1 aliphatic rings. The lowest BCUT2D eigenvalue weighted by Gasteiger charge is -2.25. The second kappa shape index (κ2) is 4.20. The predicted octanol–water partition coefficient (Wildman–Crippen LogP) is 3.89. The Balaban J connectivity index is 2.22. The first-order valence-electron chi connectivity index (χ1n) is 6.48. The summed E-state index contributed by atoms with van der Waals surface area (Å²) in [6, 6.07) is 1.11. The van der Waals surface area contributed by atoms with Crippen molar-refractivity contribution >= 4 is 11.0 Å². The lowest BCUT2D eigenvalue weighted by molar-refractivity contribution is -0.137. The first-order valence-corrected chi connectivity index (χ1v) is 6.48. The van der Waals surface area contributed by atoms with Gasteiger partial charge in [-0.1, -0.05) is 6.92 Å². The van der Waals surface area contributed by atoms with Gasteiger partial charge < -0.3 is 4.57 Å². The smallest absolute Gasteiger partial charge is 0.326 e. The van der Waals surface area contributed by atoms with E-state index >= 15 is 0 Å². The molecule has 20 heavy (non-hydrogen) atoms. The third kappa shape index (κ3) is 1.89. The molecular formula is C14H14F4N2. The molecule has 2 atom stereocenters. The van der Waals surface area contributed by atoms with Crippen LogP contribution < -0.4 is 0 Å². The van der Waals surface area contributed by atoms with Crippen LogP contribution in [0.4, 0.5) is 17.6 Å². The van der Waals surface area contributed by atoms with Crippen LogP contribution in [0.15, 0.2) is 12.3 Å². The molecule has 2 aromatic heterocycles. The zero-order valence-corrected chi connectivity index (χ0v) is 11.1. The maximum absolute atomic E-state index is 13.8. The molecule has 108 valence electrons. The van der Waals surface area contributed by atoms with Crippen LogP contribution in [-0.4, -0.2) is 15.7 Å². The number of aromatic nitrogens is 2. The van der Waals surface area contributed by atoms with Crippen molar-refractivity contribution in [3.05, 3.63) is 29.1 Å². The summed E-state index contributed by atoms with van der Waals surface area (Å²) < 4.78 is 53.8. The summed E-state index contributed by atoms with van der Waals surface area (Å²) in [5.74, 6) is -0.118. The normalized spacial score (nSPS) is 23.1. The van der Waals surface area contributed by atoms with Crippen LogP contribution in [0.25, 0.3) is 11.0 Å². The summed E-state index contributed by atoms with van der Waals surface area (Å²) in [5, 5.41) is 0.469. The monoisotopic (exact) mass is 286 g/mol. The van der Waals surface area contributed by atoms with Crippen LogP contribution in [-0.2, 0) is 19.1 Å². The molecule has 0 aromatic carbocycles. The molecule has 0 amide bonds. The summed E-state index contributed by atoms with van der Waals surface area (Å²) in [5.41, 5.74) is 1.35. The van der Waals surface area contributed by atoms with E-state index in [9.17, 15) is 17.6 Å². The van der Waals surface area contributed by atoms with E-state index in [4.69, 9.17) is 0 Å². The van der Waals surface area contributed by atoms with Crippen molar-refractivity contribution in [3.8, 4) is 0 Å². The van der Waals surface area contributed by atoms with Gasteiger partial charge in [-0.05, 0) is 30.9 Å².